The van der Waals surface area contributed by atoms with Crippen LogP contribution in [0.2, 0.25) is 0 Å². The van der Waals surface area contributed by atoms with Crippen molar-refractivity contribution in [1.82, 2.24) is 9.78 Å². The van der Waals surface area contributed by atoms with Crippen LogP contribution < -0.4 is 10.5 Å². The van der Waals surface area contributed by atoms with Crippen LogP contribution >= 0.6 is 0 Å². The molecule has 2 rings (SSSR count). The lowest BCUT2D eigenvalue weighted by Gasteiger charge is -2.06. The summed E-state index contributed by atoms with van der Waals surface area (Å²) in [5.74, 6) is 0.397. The molecule has 1 heterocycles. The molecule has 90 valence electrons. The molecule has 4 nitrogen and oxygen atoms in total. The zero-order chi connectivity index (χ0) is 12.3. The van der Waals surface area contributed by atoms with Gasteiger partial charge in [-0.25, -0.2) is 4.39 Å². The standard InChI is InChI=1S/C12H14FN3O/c1-2-16-12(14)9(7-15-16)8-17-11-6-4-3-5-10(11)13/h3-7H,2,8,14H2,1H3. The number of para-hydroxylation sites is 1. The third-order valence-corrected chi connectivity index (χ3v) is 2.48. The molecule has 0 aliphatic heterocycles. The smallest absolute Gasteiger partial charge is 0.165 e. The summed E-state index contributed by atoms with van der Waals surface area (Å²) in [4.78, 5) is 0. The number of nitrogens with zero attached hydrogens (tertiary/aromatic N) is 2. The Kier molecular flexibility index (Phi) is 3.27. The lowest BCUT2D eigenvalue weighted by molar-refractivity contribution is 0.291. The highest BCUT2D eigenvalue weighted by molar-refractivity contribution is 5.38. The first-order valence-electron chi connectivity index (χ1n) is 5.40. The van der Waals surface area contributed by atoms with Crippen molar-refractivity contribution in [2.75, 3.05) is 5.73 Å². The van der Waals surface area contributed by atoms with Gasteiger partial charge < -0.3 is 10.5 Å². The second kappa shape index (κ2) is 4.86. The van der Waals surface area contributed by atoms with Crippen LogP contribution in [0, 0.1) is 5.82 Å². The van der Waals surface area contributed by atoms with Crippen molar-refractivity contribution in [3.05, 3.63) is 41.8 Å². The van der Waals surface area contributed by atoms with Crippen molar-refractivity contribution in [1.29, 1.82) is 0 Å². The molecule has 0 unspecified atom stereocenters. The Morgan fingerprint density at radius 1 is 1.41 bits per heavy atom. The Hall–Kier alpha value is -2.04. The van der Waals surface area contributed by atoms with Crippen LogP contribution in [-0.2, 0) is 13.2 Å². The molecule has 0 atom stereocenters. The number of anilines is 1. The number of aromatic nitrogens is 2. The Balaban J connectivity index is 2.07. The summed E-state index contributed by atoms with van der Waals surface area (Å²) in [6, 6.07) is 6.27. The predicted octanol–water partition coefficient (Wildman–Crippen LogP) is 2.20. The molecule has 0 aliphatic rings. The molecule has 0 aliphatic carbocycles. The number of rotatable bonds is 4. The quantitative estimate of drug-likeness (QED) is 0.883. The van der Waals surface area contributed by atoms with E-state index in [1.54, 1.807) is 29.1 Å². The molecule has 0 saturated carbocycles. The molecule has 0 spiro atoms. The van der Waals surface area contributed by atoms with E-state index in [1.165, 1.54) is 6.07 Å². The highest BCUT2D eigenvalue weighted by Gasteiger charge is 2.08. The molecule has 5 heteroatoms. The maximum atomic E-state index is 13.3. The average Bonchev–Trinajstić information content (AvgIpc) is 2.69. The van der Waals surface area contributed by atoms with Gasteiger partial charge in [-0.3, -0.25) is 4.68 Å². The fourth-order valence-electron chi connectivity index (χ4n) is 1.51. The second-order valence-corrected chi connectivity index (χ2v) is 3.59. The lowest BCUT2D eigenvalue weighted by Crippen LogP contribution is -2.05. The first-order chi connectivity index (χ1) is 8.22. The van der Waals surface area contributed by atoms with E-state index >= 15 is 0 Å². The minimum atomic E-state index is -0.381. The monoisotopic (exact) mass is 235 g/mol. The van der Waals surface area contributed by atoms with Gasteiger partial charge in [0.05, 0.1) is 11.8 Å². The number of aryl methyl sites for hydroxylation is 1. The lowest BCUT2D eigenvalue weighted by atomic mass is 10.3. The largest absolute Gasteiger partial charge is 0.486 e. The van der Waals surface area contributed by atoms with Crippen molar-refractivity contribution < 1.29 is 9.13 Å². The molecular formula is C12H14FN3O. The molecule has 1 aromatic heterocycles. The van der Waals surface area contributed by atoms with Crippen LogP contribution in [0.3, 0.4) is 0 Å². The van der Waals surface area contributed by atoms with E-state index in [2.05, 4.69) is 5.10 Å². The highest BCUT2D eigenvalue weighted by Crippen LogP contribution is 2.19. The van der Waals surface area contributed by atoms with Crippen LogP contribution in [0.15, 0.2) is 30.5 Å². The second-order valence-electron chi connectivity index (χ2n) is 3.59. The highest BCUT2D eigenvalue weighted by atomic mass is 19.1. The molecule has 1 aromatic carbocycles. The molecule has 0 amide bonds. The van der Waals surface area contributed by atoms with Crippen molar-refractivity contribution in [3.63, 3.8) is 0 Å². The van der Waals surface area contributed by atoms with Gasteiger partial charge in [-0.05, 0) is 19.1 Å². The van der Waals surface area contributed by atoms with Crippen molar-refractivity contribution >= 4 is 5.82 Å². The Labute approximate surface area is 98.8 Å². The van der Waals surface area contributed by atoms with Crippen LogP contribution in [0.5, 0.6) is 5.75 Å². The topological polar surface area (TPSA) is 53.1 Å². The number of hydrogen-bond acceptors (Lipinski definition) is 3. The zero-order valence-electron chi connectivity index (χ0n) is 9.56. The minimum absolute atomic E-state index is 0.215. The molecule has 17 heavy (non-hydrogen) atoms. The molecule has 2 aromatic rings. The maximum absolute atomic E-state index is 13.3. The van der Waals surface area contributed by atoms with Crippen LogP contribution in [-0.4, -0.2) is 9.78 Å². The normalized spacial score (nSPS) is 10.5. The number of benzene rings is 1. The van der Waals surface area contributed by atoms with Gasteiger partial charge in [0.15, 0.2) is 11.6 Å². The van der Waals surface area contributed by atoms with E-state index in [0.29, 0.717) is 12.4 Å². The molecule has 0 fully saturated rings. The number of ether oxygens (including phenoxy) is 1. The summed E-state index contributed by atoms with van der Waals surface area (Å²) in [7, 11) is 0. The van der Waals surface area contributed by atoms with Crippen LogP contribution in [0.1, 0.15) is 12.5 Å². The van der Waals surface area contributed by atoms with Gasteiger partial charge in [0.2, 0.25) is 0 Å². The van der Waals surface area contributed by atoms with Gasteiger partial charge in [0.25, 0.3) is 0 Å². The first-order valence-corrected chi connectivity index (χ1v) is 5.40. The fraction of sp³-hybridized carbons (Fsp3) is 0.250. The summed E-state index contributed by atoms with van der Waals surface area (Å²) in [6.07, 6.45) is 1.64. The molecule has 0 bridgehead atoms. The van der Waals surface area contributed by atoms with Gasteiger partial charge in [-0.2, -0.15) is 5.10 Å². The number of hydrogen-bond donors (Lipinski definition) is 1. The number of nitrogen functional groups attached to an aromatic ring is 1. The van der Waals surface area contributed by atoms with E-state index in [4.69, 9.17) is 10.5 Å². The molecular weight excluding hydrogens is 221 g/mol. The van der Waals surface area contributed by atoms with E-state index in [9.17, 15) is 4.39 Å². The summed E-state index contributed by atoms with van der Waals surface area (Å²) in [5.41, 5.74) is 6.60. The zero-order valence-corrected chi connectivity index (χ0v) is 9.56. The Morgan fingerprint density at radius 2 is 2.18 bits per heavy atom. The number of nitrogens with two attached hydrogens (primary N) is 1. The molecule has 2 N–H and O–H groups in total. The maximum Gasteiger partial charge on any atom is 0.165 e. The Bertz CT molecular complexity index is 510. The predicted molar refractivity (Wildman–Crippen MR) is 63.0 cm³/mol. The van der Waals surface area contributed by atoms with Gasteiger partial charge in [0, 0.05) is 6.54 Å². The van der Waals surface area contributed by atoms with Gasteiger partial charge in [-0.15, -0.1) is 0 Å². The summed E-state index contributed by atoms with van der Waals surface area (Å²) >= 11 is 0. The SMILES string of the molecule is CCn1ncc(COc2ccccc2F)c1N. The molecule has 0 radical (unpaired) electrons. The fourth-order valence-corrected chi connectivity index (χ4v) is 1.51. The molecule has 0 saturated heterocycles. The Morgan fingerprint density at radius 3 is 2.82 bits per heavy atom. The van der Waals surface area contributed by atoms with Gasteiger partial charge >= 0.3 is 0 Å². The van der Waals surface area contributed by atoms with Crippen molar-refractivity contribution in [3.8, 4) is 5.75 Å². The van der Waals surface area contributed by atoms with Crippen molar-refractivity contribution in [2.24, 2.45) is 0 Å². The summed E-state index contributed by atoms with van der Waals surface area (Å²) in [6.45, 7) is 2.86. The average molecular weight is 235 g/mol. The number of halogens is 1. The first kappa shape index (κ1) is 11.4. The van der Waals surface area contributed by atoms with Crippen LogP contribution in [0.25, 0.3) is 0 Å². The summed E-state index contributed by atoms with van der Waals surface area (Å²) in [5, 5.41) is 4.09. The third kappa shape index (κ3) is 2.38. The van der Waals surface area contributed by atoms with Crippen molar-refractivity contribution in [2.45, 2.75) is 20.1 Å². The van der Waals surface area contributed by atoms with E-state index < -0.39 is 0 Å². The van der Waals surface area contributed by atoms with Crippen LogP contribution in [0.4, 0.5) is 10.2 Å². The van der Waals surface area contributed by atoms with E-state index in [1.807, 2.05) is 6.92 Å². The van der Waals surface area contributed by atoms with E-state index in [-0.39, 0.29) is 18.2 Å². The summed E-state index contributed by atoms with van der Waals surface area (Å²) < 4.78 is 20.3. The third-order valence-electron chi connectivity index (χ3n) is 2.48. The minimum Gasteiger partial charge on any atom is -0.486 e. The van der Waals surface area contributed by atoms with E-state index in [0.717, 1.165) is 5.56 Å². The van der Waals surface area contributed by atoms with Gasteiger partial charge in [-0.1, -0.05) is 12.1 Å². The van der Waals surface area contributed by atoms with Gasteiger partial charge in [0.1, 0.15) is 12.4 Å².